The summed E-state index contributed by atoms with van der Waals surface area (Å²) in [6.45, 7) is 6.16. The Labute approximate surface area is 115 Å². The summed E-state index contributed by atoms with van der Waals surface area (Å²) >= 11 is 2.35. The molecule has 2 rings (SSSR count). The summed E-state index contributed by atoms with van der Waals surface area (Å²) in [6.07, 6.45) is 1.64. The third kappa shape index (κ3) is 2.14. The highest BCUT2D eigenvalue weighted by Crippen LogP contribution is 2.41. The van der Waals surface area contributed by atoms with E-state index < -0.39 is 0 Å². The van der Waals surface area contributed by atoms with Crippen molar-refractivity contribution in [2.75, 3.05) is 9.74 Å². The highest BCUT2D eigenvalue weighted by Gasteiger charge is 2.35. The Hall–Kier alpha value is -0.780. The van der Waals surface area contributed by atoms with Crippen LogP contribution in [0.1, 0.15) is 23.6 Å². The Morgan fingerprint density at radius 3 is 2.88 bits per heavy atom. The van der Waals surface area contributed by atoms with Gasteiger partial charge in [-0.2, -0.15) is 0 Å². The third-order valence-corrected chi connectivity index (χ3v) is 4.87. The molecule has 0 aromatic heterocycles. The Morgan fingerprint density at radius 2 is 2.29 bits per heavy atom. The third-order valence-electron chi connectivity index (χ3n) is 3.26. The Morgan fingerprint density at radius 1 is 1.59 bits per heavy atom. The summed E-state index contributed by atoms with van der Waals surface area (Å²) in [7, 11) is 0. The molecule has 0 aliphatic carbocycles. The molecule has 17 heavy (non-hydrogen) atoms. The van der Waals surface area contributed by atoms with E-state index in [1.807, 2.05) is 19.9 Å². The van der Waals surface area contributed by atoms with Gasteiger partial charge in [0.2, 0.25) is 6.41 Å². The van der Waals surface area contributed by atoms with Crippen LogP contribution in [0, 0.1) is 13.8 Å². The fraction of sp³-hybridized carbons (Fsp3) is 0.462. The molecule has 0 bridgehead atoms. The predicted octanol–water partition coefficient (Wildman–Crippen LogP) is 3.00. The number of rotatable bonds is 3. The van der Waals surface area contributed by atoms with E-state index in [1.165, 1.54) is 5.56 Å². The zero-order valence-corrected chi connectivity index (χ0v) is 12.4. The SMILES string of the molecule is Cc1cc2c(c(C)c1NC=O)CC(C)(CI)O2. The molecule has 0 saturated heterocycles. The lowest BCUT2D eigenvalue weighted by molar-refractivity contribution is -0.105. The smallest absolute Gasteiger partial charge is 0.211 e. The normalized spacial score (nSPS) is 21.9. The molecule has 1 N–H and O–H groups in total. The first kappa shape index (κ1) is 12.7. The average Bonchev–Trinajstić information content (AvgIpc) is 2.62. The Balaban J connectivity index is 2.49. The Bertz CT molecular complexity index is 473. The molecule has 0 fully saturated rings. The predicted molar refractivity (Wildman–Crippen MR) is 77.2 cm³/mol. The van der Waals surface area contributed by atoms with Crippen molar-refractivity contribution in [2.24, 2.45) is 0 Å². The first-order valence-electron chi connectivity index (χ1n) is 5.59. The second-order valence-electron chi connectivity index (χ2n) is 4.79. The van der Waals surface area contributed by atoms with E-state index in [1.54, 1.807) is 0 Å². The van der Waals surface area contributed by atoms with E-state index in [2.05, 4.69) is 34.8 Å². The van der Waals surface area contributed by atoms with E-state index in [4.69, 9.17) is 4.74 Å². The van der Waals surface area contributed by atoms with E-state index in [0.29, 0.717) is 0 Å². The number of alkyl halides is 1. The number of carbonyl (C=O) groups is 1. The largest absolute Gasteiger partial charge is 0.486 e. The summed E-state index contributed by atoms with van der Waals surface area (Å²) in [5.41, 5.74) is 4.20. The zero-order valence-electron chi connectivity index (χ0n) is 10.3. The van der Waals surface area contributed by atoms with E-state index in [-0.39, 0.29) is 5.60 Å². The van der Waals surface area contributed by atoms with Crippen LogP contribution in [0.5, 0.6) is 5.75 Å². The van der Waals surface area contributed by atoms with Crippen molar-refractivity contribution in [3.63, 3.8) is 0 Å². The minimum Gasteiger partial charge on any atom is -0.486 e. The molecular weight excluding hydrogens is 329 g/mol. The number of hydrogen-bond acceptors (Lipinski definition) is 2. The van der Waals surface area contributed by atoms with Crippen molar-refractivity contribution in [1.82, 2.24) is 0 Å². The molecule has 1 unspecified atom stereocenters. The lowest BCUT2D eigenvalue weighted by atomic mass is 9.95. The molecule has 1 atom stereocenters. The van der Waals surface area contributed by atoms with Crippen molar-refractivity contribution < 1.29 is 9.53 Å². The number of carbonyl (C=O) groups excluding carboxylic acids is 1. The van der Waals surface area contributed by atoms with Gasteiger partial charge in [0.05, 0.1) is 0 Å². The maximum Gasteiger partial charge on any atom is 0.211 e. The van der Waals surface area contributed by atoms with Gasteiger partial charge in [-0.1, -0.05) is 22.6 Å². The number of hydrogen-bond donors (Lipinski definition) is 1. The summed E-state index contributed by atoms with van der Waals surface area (Å²) in [4.78, 5) is 10.6. The van der Waals surface area contributed by atoms with Gasteiger partial charge in [0.25, 0.3) is 0 Å². The number of aryl methyl sites for hydroxylation is 1. The van der Waals surface area contributed by atoms with Crippen LogP contribution < -0.4 is 10.1 Å². The van der Waals surface area contributed by atoms with Crippen molar-refractivity contribution in [1.29, 1.82) is 0 Å². The fourth-order valence-electron chi connectivity index (χ4n) is 2.33. The summed E-state index contributed by atoms with van der Waals surface area (Å²) < 4.78 is 6.97. The lowest BCUT2D eigenvalue weighted by Gasteiger charge is -2.20. The molecule has 0 saturated carbocycles. The van der Waals surface area contributed by atoms with Crippen LogP contribution in [0.3, 0.4) is 0 Å². The quantitative estimate of drug-likeness (QED) is 0.520. The zero-order chi connectivity index (χ0) is 12.6. The van der Waals surface area contributed by atoms with E-state index in [9.17, 15) is 4.79 Å². The van der Waals surface area contributed by atoms with Gasteiger partial charge < -0.3 is 10.1 Å². The number of ether oxygens (including phenoxy) is 1. The van der Waals surface area contributed by atoms with Crippen LogP contribution in [-0.4, -0.2) is 16.4 Å². The van der Waals surface area contributed by atoms with Gasteiger partial charge in [0, 0.05) is 22.1 Å². The fourth-order valence-corrected chi connectivity index (χ4v) is 2.75. The standard InChI is InChI=1S/C13H16INO2/c1-8-4-11-10(5-13(3,6-14)17-11)9(2)12(8)15-7-16/h4,7H,5-6H2,1-3H3,(H,15,16). The summed E-state index contributed by atoms with van der Waals surface area (Å²) in [5, 5.41) is 2.78. The number of nitrogens with one attached hydrogen (secondary N) is 1. The minimum absolute atomic E-state index is 0.111. The van der Waals surface area contributed by atoms with E-state index >= 15 is 0 Å². The first-order valence-corrected chi connectivity index (χ1v) is 7.11. The second kappa shape index (κ2) is 4.48. The maximum atomic E-state index is 10.6. The molecule has 4 heteroatoms. The molecule has 1 amide bonds. The lowest BCUT2D eigenvalue weighted by Crippen LogP contribution is -2.31. The van der Waals surface area contributed by atoms with Gasteiger partial charge >= 0.3 is 0 Å². The molecule has 92 valence electrons. The molecule has 1 heterocycles. The van der Waals surface area contributed by atoms with Crippen LogP contribution in [0.2, 0.25) is 0 Å². The van der Waals surface area contributed by atoms with Crippen LogP contribution in [0.25, 0.3) is 0 Å². The maximum absolute atomic E-state index is 10.6. The van der Waals surface area contributed by atoms with Crippen LogP contribution in [0.4, 0.5) is 5.69 Å². The van der Waals surface area contributed by atoms with Gasteiger partial charge in [-0.3, -0.25) is 4.79 Å². The van der Waals surface area contributed by atoms with Crippen molar-refractivity contribution >= 4 is 34.7 Å². The number of anilines is 1. The molecule has 0 radical (unpaired) electrons. The minimum atomic E-state index is -0.111. The van der Waals surface area contributed by atoms with Crippen molar-refractivity contribution in [3.8, 4) is 5.75 Å². The average molecular weight is 345 g/mol. The highest BCUT2D eigenvalue weighted by molar-refractivity contribution is 14.1. The summed E-state index contributed by atoms with van der Waals surface area (Å²) in [6, 6.07) is 2.02. The van der Waals surface area contributed by atoms with Gasteiger partial charge in [0.15, 0.2) is 0 Å². The van der Waals surface area contributed by atoms with Gasteiger partial charge in [-0.25, -0.2) is 0 Å². The van der Waals surface area contributed by atoms with Crippen molar-refractivity contribution in [3.05, 3.63) is 22.8 Å². The molecule has 1 aliphatic heterocycles. The van der Waals surface area contributed by atoms with Crippen molar-refractivity contribution in [2.45, 2.75) is 32.8 Å². The molecular formula is C13H16INO2. The topological polar surface area (TPSA) is 38.3 Å². The first-order chi connectivity index (χ1) is 8.00. The highest BCUT2D eigenvalue weighted by atomic mass is 127. The van der Waals surface area contributed by atoms with Crippen LogP contribution >= 0.6 is 22.6 Å². The van der Waals surface area contributed by atoms with Gasteiger partial charge in [0.1, 0.15) is 11.4 Å². The number of fused-ring (bicyclic) bond motifs is 1. The number of amides is 1. The monoisotopic (exact) mass is 345 g/mol. The molecule has 0 spiro atoms. The number of halogens is 1. The van der Waals surface area contributed by atoms with Gasteiger partial charge in [-0.05, 0) is 38.0 Å². The summed E-state index contributed by atoms with van der Waals surface area (Å²) in [5.74, 6) is 0.968. The van der Waals surface area contributed by atoms with E-state index in [0.717, 1.165) is 39.8 Å². The number of benzene rings is 1. The molecule has 3 nitrogen and oxygen atoms in total. The molecule has 1 aliphatic rings. The van der Waals surface area contributed by atoms with Crippen LogP contribution in [-0.2, 0) is 11.2 Å². The molecule has 1 aromatic rings. The Kier molecular flexibility index (Phi) is 3.34. The second-order valence-corrected chi connectivity index (χ2v) is 5.56. The molecule has 1 aromatic carbocycles. The van der Waals surface area contributed by atoms with Crippen LogP contribution in [0.15, 0.2) is 6.07 Å². The van der Waals surface area contributed by atoms with Gasteiger partial charge in [-0.15, -0.1) is 0 Å².